The van der Waals surface area contributed by atoms with E-state index in [0.717, 1.165) is 70.4 Å². The summed E-state index contributed by atoms with van der Waals surface area (Å²) < 4.78 is 17.7. The number of para-hydroxylation sites is 2. The molecular formula is C29H44BrN5O2Si2. The molecule has 0 saturated heterocycles. The van der Waals surface area contributed by atoms with Crippen LogP contribution in [0, 0.1) is 0 Å². The van der Waals surface area contributed by atoms with Gasteiger partial charge in [0.25, 0.3) is 0 Å². The van der Waals surface area contributed by atoms with Gasteiger partial charge in [-0.05, 0) is 60.9 Å². The summed E-state index contributed by atoms with van der Waals surface area (Å²) in [4.78, 5) is 4.95. The van der Waals surface area contributed by atoms with Gasteiger partial charge in [0.05, 0.1) is 16.6 Å². The molecule has 0 aliphatic heterocycles. The standard InChI is InChI=1S/C29H44BrN5O2Si2/c1-29(2,3)39(7,8)37-17-11-16-34-26-13-10-9-12-24(26)31-28(34)32-27-23-20-22(30)14-15-25(23)35(33-27)21-36-18-19-38(4,5)6/h9-10,12-15,20H,11,16-19,21H2,1-8H3,(H,31,32,33). The largest absolute Gasteiger partial charge is 0.417 e. The minimum atomic E-state index is -1.78. The number of aromatic nitrogens is 4. The second-order valence-corrected chi connectivity index (χ2v) is 24.4. The molecule has 2 heterocycles. The molecule has 0 atom stereocenters. The van der Waals surface area contributed by atoms with Gasteiger partial charge in [-0.3, -0.25) is 0 Å². The van der Waals surface area contributed by atoms with E-state index in [9.17, 15) is 0 Å². The number of rotatable bonds is 12. The lowest BCUT2D eigenvalue weighted by molar-refractivity contribution is 0.0819. The first-order valence-corrected chi connectivity index (χ1v) is 21.3. The number of nitrogens with one attached hydrogen (secondary N) is 1. The van der Waals surface area contributed by atoms with Crippen molar-refractivity contribution in [2.75, 3.05) is 18.5 Å². The lowest BCUT2D eigenvalue weighted by atomic mass is 10.2. The smallest absolute Gasteiger partial charge is 0.209 e. The van der Waals surface area contributed by atoms with Crippen molar-refractivity contribution in [3.63, 3.8) is 0 Å². The summed E-state index contributed by atoms with van der Waals surface area (Å²) in [6.07, 6.45) is 0.910. The maximum Gasteiger partial charge on any atom is 0.209 e. The maximum absolute atomic E-state index is 6.46. The monoisotopic (exact) mass is 629 g/mol. The third kappa shape index (κ3) is 7.40. The zero-order chi connectivity index (χ0) is 28.4. The minimum absolute atomic E-state index is 0.202. The van der Waals surface area contributed by atoms with Crippen LogP contribution < -0.4 is 5.32 Å². The number of halogens is 1. The fraction of sp³-hybridized carbons (Fsp3) is 0.517. The van der Waals surface area contributed by atoms with E-state index in [0.29, 0.717) is 6.73 Å². The van der Waals surface area contributed by atoms with Crippen molar-refractivity contribution in [3.05, 3.63) is 46.9 Å². The SMILES string of the molecule is CC(C)(C)[Si](C)(C)OCCCn1c(Nc2nn(COCC[Si](C)(C)C)c3ccc(Br)cc23)nc2ccccc21. The summed E-state index contributed by atoms with van der Waals surface area (Å²) >= 11 is 3.64. The number of benzene rings is 2. The summed E-state index contributed by atoms with van der Waals surface area (Å²) in [5, 5.41) is 9.72. The van der Waals surface area contributed by atoms with Crippen molar-refractivity contribution in [1.29, 1.82) is 0 Å². The second-order valence-electron chi connectivity index (χ2n) is 13.0. The van der Waals surface area contributed by atoms with E-state index in [1.807, 2.05) is 16.8 Å². The summed E-state index contributed by atoms with van der Waals surface area (Å²) in [6.45, 7) is 21.3. The number of fused-ring (bicyclic) bond motifs is 2. The number of aryl methyl sites for hydroxylation is 1. The zero-order valence-electron chi connectivity index (χ0n) is 24.8. The fourth-order valence-electron chi connectivity index (χ4n) is 4.14. The Labute approximate surface area is 243 Å². The van der Waals surface area contributed by atoms with E-state index in [-0.39, 0.29) is 5.04 Å². The number of anilines is 2. The van der Waals surface area contributed by atoms with Crippen LogP contribution in [0.3, 0.4) is 0 Å². The number of nitrogens with zero attached hydrogens (tertiary/aromatic N) is 4. The van der Waals surface area contributed by atoms with Crippen LogP contribution >= 0.6 is 15.9 Å². The van der Waals surface area contributed by atoms with Crippen LogP contribution in [0.5, 0.6) is 0 Å². The van der Waals surface area contributed by atoms with Crippen molar-refractivity contribution in [1.82, 2.24) is 19.3 Å². The second kappa shape index (κ2) is 11.9. The molecular weight excluding hydrogens is 586 g/mol. The van der Waals surface area contributed by atoms with E-state index >= 15 is 0 Å². The third-order valence-electron chi connectivity index (χ3n) is 7.60. The average molecular weight is 631 g/mol. The first kappa shape index (κ1) is 30.0. The molecule has 2 aromatic carbocycles. The highest BCUT2D eigenvalue weighted by molar-refractivity contribution is 9.10. The maximum atomic E-state index is 6.46. The zero-order valence-corrected chi connectivity index (χ0v) is 28.4. The van der Waals surface area contributed by atoms with E-state index in [2.05, 4.69) is 110 Å². The van der Waals surface area contributed by atoms with Crippen molar-refractivity contribution < 1.29 is 9.16 Å². The lowest BCUT2D eigenvalue weighted by Gasteiger charge is -2.36. The van der Waals surface area contributed by atoms with Gasteiger partial charge in [0.15, 0.2) is 14.1 Å². The van der Waals surface area contributed by atoms with Crippen LogP contribution in [-0.2, 0) is 22.4 Å². The Morgan fingerprint density at radius 2 is 1.72 bits per heavy atom. The van der Waals surface area contributed by atoms with Crippen LogP contribution in [0.2, 0.25) is 43.8 Å². The molecule has 1 N–H and O–H groups in total. The topological polar surface area (TPSA) is 66.1 Å². The van der Waals surface area contributed by atoms with E-state index < -0.39 is 16.4 Å². The van der Waals surface area contributed by atoms with E-state index in [1.165, 1.54) is 0 Å². The Morgan fingerprint density at radius 3 is 2.44 bits per heavy atom. The van der Waals surface area contributed by atoms with Gasteiger partial charge in [-0.15, -0.1) is 0 Å². The molecule has 10 heteroatoms. The normalized spacial score (nSPS) is 13.1. The molecule has 0 saturated carbocycles. The Hall–Kier alpha value is -1.99. The van der Waals surface area contributed by atoms with Crippen molar-refractivity contribution in [3.8, 4) is 0 Å². The van der Waals surface area contributed by atoms with Gasteiger partial charge < -0.3 is 19.0 Å². The molecule has 0 aliphatic carbocycles. The average Bonchev–Trinajstić information content (AvgIpc) is 3.35. The molecule has 0 radical (unpaired) electrons. The van der Waals surface area contributed by atoms with Gasteiger partial charge >= 0.3 is 0 Å². The molecule has 0 fully saturated rings. The third-order valence-corrected chi connectivity index (χ3v) is 14.3. The van der Waals surface area contributed by atoms with Crippen LogP contribution in [0.1, 0.15) is 27.2 Å². The molecule has 7 nitrogen and oxygen atoms in total. The highest BCUT2D eigenvalue weighted by Crippen LogP contribution is 2.36. The highest BCUT2D eigenvalue weighted by atomic mass is 79.9. The number of hydrogen-bond acceptors (Lipinski definition) is 5. The van der Waals surface area contributed by atoms with Crippen molar-refractivity contribution in [2.45, 2.75) is 84.3 Å². The predicted molar refractivity (Wildman–Crippen MR) is 172 cm³/mol. The molecule has 0 spiro atoms. The number of ether oxygens (including phenoxy) is 1. The van der Waals surface area contributed by atoms with Crippen LogP contribution in [-0.4, -0.2) is 48.9 Å². The number of imidazole rings is 1. The van der Waals surface area contributed by atoms with Gasteiger partial charge in [-0.2, -0.15) is 5.10 Å². The van der Waals surface area contributed by atoms with E-state index in [4.69, 9.17) is 19.2 Å². The molecule has 0 unspecified atom stereocenters. The molecule has 0 bridgehead atoms. The van der Waals surface area contributed by atoms with Crippen LogP contribution in [0.15, 0.2) is 46.9 Å². The van der Waals surface area contributed by atoms with Crippen LogP contribution in [0.25, 0.3) is 21.9 Å². The molecule has 4 aromatic rings. The minimum Gasteiger partial charge on any atom is -0.417 e. The first-order valence-electron chi connectivity index (χ1n) is 13.9. The molecule has 0 aliphatic rings. The highest BCUT2D eigenvalue weighted by Gasteiger charge is 2.36. The van der Waals surface area contributed by atoms with E-state index in [1.54, 1.807) is 0 Å². The van der Waals surface area contributed by atoms with Crippen molar-refractivity contribution >= 4 is 66.0 Å². The quantitative estimate of drug-likeness (QED) is 0.125. The molecule has 0 amide bonds. The van der Waals surface area contributed by atoms with Gasteiger partial charge in [-0.25, -0.2) is 9.67 Å². The summed E-state index contributed by atoms with van der Waals surface area (Å²) in [5.41, 5.74) is 3.09. The van der Waals surface area contributed by atoms with Crippen LogP contribution in [0.4, 0.5) is 11.8 Å². The summed E-state index contributed by atoms with van der Waals surface area (Å²) in [7, 11) is -2.93. The lowest BCUT2D eigenvalue weighted by Crippen LogP contribution is -2.41. The van der Waals surface area contributed by atoms with Gasteiger partial charge in [0.1, 0.15) is 6.73 Å². The summed E-state index contributed by atoms with van der Waals surface area (Å²) in [6, 6.07) is 15.6. The Balaban J connectivity index is 1.57. The Bertz CT molecular complexity index is 1420. The fourth-order valence-corrected chi connectivity index (χ4v) is 6.35. The molecule has 4 rings (SSSR count). The number of hydrogen-bond donors (Lipinski definition) is 1. The molecule has 39 heavy (non-hydrogen) atoms. The summed E-state index contributed by atoms with van der Waals surface area (Å²) in [5.74, 6) is 1.56. The molecule has 2 aromatic heterocycles. The van der Waals surface area contributed by atoms with Gasteiger partial charge in [-0.1, -0.05) is 68.5 Å². The first-order chi connectivity index (χ1) is 18.2. The Morgan fingerprint density at radius 1 is 0.974 bits per heavy atom. The van der Waals surface area contributed by atoms with Gasteiger partial charge in [0.2, 0.25) is 5.95 Å². The predicted octanol–water partition coefficient (Wildman–Crippen LogP) is 8.62. The Kier molecular flexibility index (Phi) is 9.12. The molecule has 212 valence electrons. The van der Waals surface area contributed by atoms with Crippen molar-refractivity contribution in [2.24, 2.45) is 0 Å². The van der Waals surface area contributed by atoms with Gasteiger partial charge in [0, 0.05) is 37.7 Å².